The number of hydrogen-bond donors (Lipinski definition) is 2. The molecule has 4 atom stereocenters. The van der Waals surface area contributed by atoms with E-state index in [1.54, 1.807) is 12.1 Å². The number of nitrogens with one attached hydrogen (secondary N) is 1. The lowest BCUT2D eigenvalue weighted by molar-refractivity contribution is -0.118. The molecule has 0 radical (unpaired) electrons. The number of nitrogens with two attached hydrogens (primary N) is 1. The molecule has 1 aromatic rings. The fourth-order valence-electron chi connectivity index (χ4n) is 4.66. The van der Waals surface area contributed by atoms with Crippen molar-refractivity contribution in [1.82, 2.24) is 4.72 Å². The molecule has 6 heteroatoms. The van der Waals surface area contributed by atoms with Crippen LogP contribution in [0, 0.1) is 24.7 Å². The highest BCUT2D eigenvalue weighted by Crippen LogP contribution is 2.50. The Balaban J connectivity index is 1.62. The molecule has 0 saturated heterocycles. The van der Waals surface area contributed by atoms with E-state index < -0.39 is 10.0 Å². The summed E-state index contributed by atoms with van der Waals surface area (Å²) in [4.78, 5) is 11.1. The van der Waals surface area contributed by atoms with Crippen molar-refractivity contribution in [3.63, 3.8) is 0 Å². The molecule has 0 unspecified atom stereocenters. The van der Waals surface area contributed by atoms with E-state index in [4.69, 9.17) is 5.73 Å². The molecular formula is C21H30N2O3S. The zero-order valence-electron chi connectivity index (χ0n) is 15.9. The normalized spacial score (nSPS) is 27.4. The third-order valence-corrected chi connectivity index (χ3v) is 7.56. The molecule has 5 nitrogen and oxygen atoms in total. The van der Waals surface area contributed by atoms with Gasteiger partial charge in [0.15, 0.2) is 0 Å². The van der Waals surface area contributed by atoms with Crippen LogP contribution in [-0.4, -0.2) is 20.4 Å². The van der Waals surface area contributed by atoms with Gasteiger partial charge in [0.1, 0.15) is 0 Å². The zero-order valence-corrected chi connectivity index (χ0v) is 16.8. The Kier molecular flexibility index (Phi) is 6.37. The number of aryl methyl sites for hydroxylation is 1. The Morgan fingerprint density at radius 2 is 1.89 bits per heavy atom. The van der Waals surface area contributed by atoms with Crippen LogP contribution in [-0.2, 0) is 14.8 Å². The van der Waals surface area contributed by atoms with Crippen LogP contribution >= 0.6 is 0 Å². The van der Waals surface area contributed by atoms with Gasteiger partial charge in [0.05, 0.1) is 4.90 Å². The van der Waals surface area contributed by atoms with E-state index in [2.05, 4.69) is 16.9 Å². The predicted octanol–water partition coefficient (Wildman–Crippen LogP) is 3.29. The lowest BCUT2D eigenvalue weighted by Crippen LogP contribution is -2.43. The third-order valence-electron chi connectivity index (χ3n) is 6.08. The molecule has 0 aromatic heterocycles. The maximum Gasteiger partial charge on any atom is 0.240 e. The average molecular weight is 391 g/mol. The SMILES string of the molecule is Cc1ccc(S(=O)(=O)N[C@H]2[C@H]3CC[C@H](C3)[C@@H]2C/C=C\CCCC(N)=O)cc1. The minimum atomic E-state index is -3.49. The second-order valence-corrected chi connectivity index (χ2v) is 9.74. The molecule has 2 bridgehead atoms. The summed E-state index contributed by atoms with van der Waals surface area (Å²) in [5, 5.41) is 0. The Bertz CT molecular complexity index is 786. The van der Waals surface area contributed by atoms with Gasteiger partial charge in [0.2, 0.25) is 15.9 Å². The highest BCUT2D eigenvalue weighted by molar-refractivity contribution is 7.89. The maximum atomic E-state index is 12.8. The first-order valence-corrected chi connectivity index (χ1v) is 11.4. The largest absolute Gasteiger partial charge is 0.370 e. The summed E-state index contributed by atoms with van der Waals surface area (Å²) < 4.78 is 28.7. The standard InChI is InChI=1S/C21H30N2O3S/c1-15-8-12-18(13-9-15)27(25,26)23-21-17-11-10-16(14-17)19(21)6-4-2-3-5-7-20(22)24/h2,4,8-9,12-13,16-17,19,21,23H,3,5-7,10-11,14H2,1H3,(H2,22,24)/b4-2-/t16-,17+,19+,21+/m1/s1. The summed E-state index contributed by atoms with van der Waals surface area (Å²) in [6, 6.07) is 7.05. The van der Waals surface area contributed by atoms with E-state index in [1.165, 1.54) is 6.42 Å². The number of fused-ring (bicyclic) bond motifs is 2. The van der Waals surface area contributed by atoms with Crippen molar-refractivity contribution in [2.75, 3.05) is 0 Å². The van der Waals surface area contributed by atoms with E-state index in [0.29, 0.717) is 29.1 Å². The monoisotopic (exact) mass is 390 g/mol. The topological polar surface area (TPSA) is 89.3 Å². The Morgan fingerprint density at radius 1 is 1.19 bits per heavy atom. The van der Waals surface area contributed by atoms with Crippen molar-refractivity contribution in [2.45, 2.75) is 62.8 Å². The van der Waals surface area contributed by atoms with Gasteiger partial charge in [-0.2, -0.15) is 0 Å². The molecule has 3 rings (SSSR count). The lowest BCUT2D eigenvalue weighted by atomic mass is 9.83. The summed E-state index contributed by atoms with van der Waals surface area (Å²) in [6.07, 6.45) is 10.6. The first kappa shape index (κ1) is 20.1. The summed E-state index contributed by atoms with van der Waals surface area (Å²) in [5.41, 5.74) is 6.20. The molecule has 27 heavy (non-hydrogen) atoms. The van der Waals surface area contributed by atoms with Crippen molar-refractivity contribution in [3.05, 3.63) is 42.0 Å². The van der Waals surface area contributed by atoms with Crippen LogP contribution in [0.1, 0.15) is 50.5 Å². The van der Waals surface area contributed by atoms with Gasteiger partial charge in [0, 0.05) is 12.5 Å². The number of unbranched alkanes of at least 4 members (excludes halogenated alkanes) is 1. The first-order valence-electron chi connectivity index (χ1n) is 9.89. The molecule has 3 N–H and O–H groups in total. The molecule has 2 saturated carbocycles. The van der Waals surface area contributed by atoms with Crippen molar-refractivity contribution >= 4 is 15.9 Å². The van der Waals surface area contributed by atoms with Crippen molar-refractivity contribution < 1.29 is 13.2 Å². The van der Waals surface area contributed by atoms with Crippen LogP contribution in [0.15, 0.2) is 41.3 Å². The highest BCUT2D eigenvalue weighted by atomic mass is 32.2. The van der Waals surface area contributed by atoms with E-state index in [0.717, 1.165) is 37.7 Å². The predicted molar refractivity (Wildman–Crippen MR) is 106 cm³/mol. The molecule has 1 amide bonds. The van der Waals surface area contributed by atoms with Gasteiger partial charge in [-0.15, -0.1) is 0 Å². The fraction of sp³-hybridized carbons (Fsp3) is 0.571. The molecule has 2 aliphatic rings. The van der Waals surface area contributed by atoms with E-state index in [1.807, 2.05) is 19.1 Å². The lowest BCUT2D eigenvalue weighted by Gasteiger charge is -2.31. The maximum absolute atomic E-state index is 12.8. The minimum absolute atomic E-state index is 0.0188. The minimum Gasteiger partial charge on any atom is -0.370 e. The van der Waals surface area contributed by atoms with Crippen LogP contribution in [0.5, 0.6) is 0 Å². The molecule has 2 aliphatic carbocycles. The molecule has 148 valence electrons. The fourth-order valence-corrected chi connectivity index (χ4v) is 6.02. The smallest absolute Gasteiger partial charge is 0.240 e. The molecule has 0 spiro atoms. The van der Waals surface area contributed by atoms with Crippen LogP contribution in [0.3, 0.4) is 0 Å². The van der Waals surface area contributed by atoms with Gasteiger partial charge in [-0.05, 0) is 75.3 Å². The number of primary amides is 1. The second-order valence-electron chi connectivity index (χ2n) is 8.02. The first-order chi connectivity index (χ1) is 12.9. The second kappa shape index (κ2) is 8.57. The zero-order chi connectivity index (χ0) is 19.4. The van der Waals surface area contributed by atoms with Gasteiger partial charge in [0.25, 0.3) is 0 Å². The number of sulfonamides is 1. The van der Waals surface area contributed by atoms with Crippen LogP contribution in [0.2, 0.25) is 0 Å². The number of amides is 1. The van der Waals surface area contributed by atoms with Gasteiger partial charge >= 0.3 is 0 Å². The Morgan fingerprint density at radius 3 is 2.59 bits per heavy atom. The van der Waals surface area contributed by atoms with Gasteiger partial charge in [-0.3, -0.25) is 4.79 Å². The van der Waals surface area contributed by atoms with Crippen LogP contribution in [0.25, 0.3) is 0 Å². The number of carbonyl (C=O) groups is 1. The molecule has 2 fully saturated rings. The van der Waals surface area contributed by atoms with E-state index in [9.17, 15) is 13.2 Å². The van der Waals surface area contributed by atoms with Gasteiger partial charge < -0.3 is 5.73 Å². The number of benzene rings is 1. The van der Waals surface area contributed by atoms with Crippen molar-refractivity contribution in [1.29, 1.82) is 0 Å². The Labute approximate surface area is 162 Å². The molecule has 0 heterocycles. The third kappa shape index (κ3) is 4.99. The number of allylic oxidation sites excluding steroid dienone is 2. The summed E-state index contributed by atoms with van der Waals surface area (Å²) in [7, 11) is -3.49. The quantitative estimate of drug-likeness (QED) is 0.501. The summed E-state index contributed by atoms with van der Waals surface area (Å²) in [5.74, 6) is 1.15. The average Bonchev–Trinajstić information content (AvgIpc) is 3.20. The van der Waals surface area contributed by atoms with Crippen LogP contribution in [0.4, 0.5) is 0 Å². The van der Waals surface area contributed by atoms with E-state index >= 15 is 0 Å². The number of rotatable bonds is 9. The molecular weight excluding hydrogens is 360 g/mol. The molecule has 1 aromatic carbocycles. The summed E-state index contributed by atoms with van der Waals surface area (Å²) in [6.45, 7) is 1.95. The number of carbonyl (C=O) groups excluding carboxylic acids is 1. The highest BCUT2D eigenvalue weighted by Gasteiger charge is 2.48. The number of hydrogen-bond acceptors (Lipinski definition) is 3. The van der Waals surface area contributed by atoms with E-state index in [-0.39, 0.29) is 11.9 Å². The Hall–Kier alpha value is -1.66. The molecule has 0 aliphatic heterocycles. The van der Waals surface area contributed by atoms with Gasteiger partial charge in [-0.1, -0.05) is 29.8 Å². The van der Waals surface area contributed by atoms with Crippen LogP contribution < -0.4 is 10.5 Å². The summed E-state index contributed by atoms with van der Waals surface area (Å²) >= 11 is 0. The van der Waals surface area contributed by atoms with Crippen molar-refractivity contribution in [3.8, 4) is 0 Å². The van der Waals surface area contributed by atoms with Gasteiger partial charge in [-0.25, -0.2) is 13.1 Å². The van der Waals surface area contributed by atoms with Crippen molar-refractivity contribution in [2.24, 2.45) is 23.5 Å².